The molecular formula is C11H9BrO2. The Morgan fingerprint density at radius 2 is 2.14 bits per heavy atom. The number of benzene rings is 1. The van der Waals surface area contributed by atoms with Crippen LogP contribution in [0.1, 0.15) is 34.9 Å². The largest absolute Gasteiger partial charge is 0.387 e. The second kappa shape index (κ2) is 2.47. The Bertz CT molecular complexity index is 435. The molecule has 1 aromatic carbocycles. The zero-order chi connectivity index (χ0) is 9.92. The fourth-order valence-corrected chi connectivity index (χ4v) is 2.67. The van der Waals surface area contributed by atoms with E-state index < -0.39 is 11.5 Å². The van der Waals surface area contributed by atoms with Gasteiger partial charge in [0.2, 0.25) is 0 Å². The van der Waals surface area contributed by atoms with Gasteiger partial charge in [-0.1, -0.05) is 15.9 Å². The molecule has 0 radical (unpaired) electrons. The summed E-state index contributed by atoms with van der Waals surface area (Å²) in [5, 5.41) is 10.0. The molecule has 14 heavy (non-hydrogen) atoms. The van der Waals surface area contributed by atoms with E-state index in [0.29, 0.717) is 5.56 Å². The number of carbonyl (C=O) groups is 1. The SMILES string of the molecule is O=C1c2ccc(Br)cc2C(O)C12CC2. The Morgan fingerprint density at radius 1 is 1.43 bits per heavy atom. The van der Waals surface area contributed by atoms with Crippen LogP contribution in [0.4, 0.5) is 0 Å². The van der Waals surface area contributed by atoms with Crippen molar-refractivity contribution in [1.82, 2.24) is 0 Å². The zero-order valence-corrected chi connectivity index (χ0v) is 9.04. The van der Waals surface area contributed by atoms with Crippen molar-refractivity contribution in [2.45, 2.75) is 18.9 Å². The Hall–Kier alpha value is -0.670. The second-order valence-corrected chi connectivity index (χ2v) is 5.04. The van der Waals surface area contributed by atoms with E-state index in [4.69, 9.17) is 0 Å². The van der Waals surface area contributed by atoms with E-state index >= 15 is 0 Å². The number of aliphatic hydroxyl groups excluding tert-OH is 1. The second-order valence-electron chi connectivity index (χ2n) is 4.12. The van der Waals surface area contributed by atoms with Crippen LogP contribution in [0.5, 0.6) is 0 Å². The van der Waals surface area contributed by atoms with Crippen LogP contribution >= 0.6 is 15.9 Å². The monoisotopic (exact) mass is 252 g/mol. The van der Waals surface area contributed by atoms with Crippen LogP contribution in [0.2, 0.25) is 0 Å². The van der Waals surface area contributed by atoms with E-state index in [9.17, 15) is 9.90 Å². The van der Waals surface area contributed by atoms with Gasteiger partial charge < -0.3 is 5.11 Å². The highest BCUT2D eigenvalue weighted by molar-refractivity contribution is 9.10. The summed E-state index contributed by atoms with van der Waals surface area (Å²) < 4.78 is 0.917. The molecule has 1 fully saturated rings. The molecule has 2 aliphatic carbocycles. The molecule has 1 aromatic rings. The maximum Gasteiger partial charge on any atom is 0.172 e. The fraction of sp³-hybridized carbons (Fsp3) is 0.364. The number of ketones is 1. The summed E-state index contributed by atoms with van der Waals surface area (Å²) in [6.45, 7) is 0. The summed E-state index contributed by atoms with van der Waals surface area (Å²) >= 11 is 3.35. The summed E-state index contributed by atoms with van der Waals surface area (Å²) in [7, 11) is 0. The van der Waals surface area contributed by atoms with Gasteiger partial charge in [-0.2, -0.15) is 0 Å². The van der Waals surface area contributed by atoms with Crippen molar-refractivity contribution >= 4 is 21.7 Å². The van der Waals surface area contributed by atoms with Crippen LogP contribution < -0.4 is 0 Å². The van der Waals surface area contributed by atoms with E-state index in [1.165, 1.54) is 0 Å². The standard InChI is InChI=1S/C11H9BrO2/c12-6-1-2-7-8(5-6)10(14)11(3-4-11)9(7)13/h1-2,5,10,14H,3-4H2. The van der Waals surface area contributed by atoms with Crippen LogP contribution in [-0.4, -0.2) is 10.9 Å². The van der Waals surface area contributed by atoms with Gasteiger partial charge in [-0.3, -0.25) is 4.79 Å². The molecule has 0 bridgehead atoms. The highest BCUT2D eigenvalue weighted by Crippen LogP contribution is 2.61. The number of aliphatic hydroxyl groups is 1. The van der Waals surface area contributed by atoms with Crippen molar-refractivity contribution in [2.75, 3.05) is 0 Å². The minimum Gasteiger partial charge on any atom is -0.387 e. The first-order chi connectivity index (χ1) is 6.65. The molecule has 0 heterocycles. The van der Waals surface area contributed by atoms with Crippen LogP contribution in [0, 0.1) is 5.41 Å². The lowest BCUT2D eigenvalue weighted by Crippen LogP contribution is -2.13. The molecule has 0 saturated heterocycles. The number of hydrogen-bond donors (Lipinski definition) is 1. The number of rotatable bonds is 0. The van der Waals surface area contributed by atoms with Crippen molar-refractivity contribution in [3.05, 3.63) is 33.8 Å². The lowest BCUT2D eigenvalue weighted by Gasteiger charge is -2.10. The number of carbonyl (C=O) groups excluding carboxylic acids is 1. The van der Waals surface area contributed by atoms with Crippen LogP contribution in [-0.2, 0) is 0 Å². The lowest BCUT2D eigenvalue weighted by atomic mass is 10.00. The molecule has 2 aliphatic rings. The molecule has 0 aromatic heterocycles. The summed E-state index contributed by atoms with van der Waals surface area (Å²) in [4.78, 5) is 11.9. The number of halogens is 1. The van der Waals surface area contributed by atoms with E-state index in [0.717, 1.165) is 22.9 Å². The molecule has 72 valence electrons. The first-order valence-corrected chi connectivity index (χ1v) is 5.47. The minimum absolute atomic E-state index is 0.132. The van der Waals surface area contributed by atoms with Gasteiger partial charge in [0.15, 0.2) is 5.78 Å². The maximum atomic E-state index is 11.9. The van der Waals surface area contributed by atoms with Crippen LogP contribution in [0.15, 0.2) is 22.7 Å². The molecule has 1 atom stereocenters. The summed E-state index contributed by atoms with van der Waals surface area (Å²) in [5.74, 6) is 0.132. The third kappa shape index (κ3) is 0.868. The molecule has 3 rings (SSSR count). The third-order valence-electron chi connectivity index (χ3n) is 3.32. The summed E-state index contributed by atoms with van der Waals surface area (Å²) in [6, 6.07) is 5.51. The lowest BCUT2D eigenvalue weighted by molar-refractivity contribution is 0.0696. The molecule has 0 amide bonds. The van der Waals surface area contributed by atoms with Gasteiger partial charge in [0.1, 0.15) is 0 Å². The molecule has 1 N–H and O–H groups in total. The van der Waals surface area contributed by atoms with E-state index in [1.54, 1.807) is 6.07 Å². The normalized spacial score (nSPS) is 26.7. The van der Waals surface area contributed by atoms with Gasteiger partial charge in [-0.15, -0.1) is 0 Å². The highest BCUT2D eigenvalue weighted by Gasteiger charge is 2.60. The Morgan fingerprint density at radius 3 is 2.79 bits per heavy atom. The number of hydrogen-bond acceptors (Lipinski definition) is 2. The number of fused-ring (bicyclic) bond motifs is 1. The molecule has 1 spiro atoms. The minimum atomic E-state index is -0.581. The average molecular weight is 253 g/mol. The van der Waals surface area contributed by atoms with E-state index in [1.807, 2.05) is 12.1 Å². The third-order valence-corrected chi connectivity index (χ3v) is 3.81. The van der Waals surface area contributed by atoms with Crippen molar-refractivity contribution in [2.24, 2.45) is 5.41 Å². The summed E-state index contributed by atoms with van der Waals surface area (Å²) in [6.07, 6.45) is 1.08. The zero-order valence-electron chi connectivity index (χ0n) is 7.46. The van der Waals surface area contributed by atoms with E-state index in [-0.39, 0.29) is 5.78 Å². The Labute approximate surface area is 90.1 Å². The smallest absolute Gasteiger partial charge is 0.172 e. The van der Waals surface area contributed by atoms with Gasteiger partial charge in [-0.25, -0.2) is 0 Å². The Balaban J connectivity index is 2.22. The summed E-state index contributed by atoms with van der Waals surface area (Å²) in [5.41, 5.74) is 1.06. The quantitative estimate of drug-likeness (QED) is 0.771. The van der Waals surface area contributed by atoms with Gasteiger partial charge in [0.05, 0.1) is 11.5 Å². The average Bonchev–Trinajstić information content (AvgIpc) is 2.93. The van der Waals surface area contributed by atoms with Crippen LogP contribution in [0.3, 0.4) is 0 Å². The topological polar surface area (TPSA) is 37.3 Å². The van der Waals surface area contributed by atoms with Gasteiger partial charge in [0, 0.05) is 10.0 Å². The van der Waals surface area contributed by atoms with Gasteiger partial charge >= 0.3 is 0 Å². The predicted octanol–water partition coefficient (Wildman–Crippen LogP) is 2.46. The molecule has 2 nitrogen and oxygen atoms in total. The molecule has 1 unspecified atom stereocenters. The molecular weight excluding hydrogens is 244 g/mol. The maximum absolute atomic E-state index is 11.9. The molecule has 3 heteroatoms. The fourth-order valence-electron chi connectivity index (χ4n) is 2.29. The van der Waals surface area contributed by atoms with Gasteiger partial charge in [0.25, 0.3) is 0 Å². The van der Waals surface area contributed by atoms with Crippen molar-refractivity contribution in [3.63, 3.8) is 0 Å². The van der Waals surface area contributed by atoms with Crippen molar-refractivity contribution < 1.29 is 9.90 Å². The van der Waals surface area contributed by atoms with Crippen molar-refractivity contribution in [1.29, 1.82) is 0 Å². The van der Waals surface area contributed by atoms with Crippen molar-refractivity contribution in [3.8, 4) is 0 Å². The highest BCUT2D eigenvalue weighted by atomic mass is 79.9. The number of Topliss-reactive ketones (excluding diaryl/α,β-unsaturated/α-hetero) is 1. The first-order valence-electron chi connectivity index (χ1n) is 4.67. The van der Waals surface area contributed by atoms with E-state index in [2.05, 4.69) is 15.9 Å². The molecule has 1 saturated carbocycles. The molecule has 0 aliphatic heterocycles. The van der Waals surface area contributed by atoms with Gasteiger partial charge in [-0.05, 0) is 36.6 Å². The van der Waals surface area contributed by atoms with Crippen LogP contribution in [0.25, 0.3) is 0 Å². The Kier molecular flexibility index (Phi) is 1.52. The predicted molar refractivity (Wildman–Crippen MR) is 55.1 cm³/mol. The first kappa shape index (κ1) is 8.62.